The lowest BCUT2D eigenvalue weighted by Gasteiger charge is -2.32. The number of anilines is 2. The summed E-state index contributed by atoms with van der Waals surface area (Å²) in [4.78, 5) is 8.76. The van der Waals surface area contributed by atoms with E-state index in [0.29, 0.717) is 11.6 Å². The molecule has 0 saturated heterocycles. The fraction of sp³-hybridized carbons (Fsp3) is 0.545. The Hall–Kier alpha value is -1.89. The van der Waals surface area contributed by atoms with Crippen molar-refractivity contribution in [3.63, 3.8) is 0 Å². The molecule has 0 spiro atoms. The van der Waals surface area contributed by atoms with E-state index in [4.69, 9.17) is 0 Å². The van der Waals surface area contributed by atoms with E-state index in [1.165, 1.54) is 0 Å². The summed E-state index contributed by atoms with van der Waals surface area (Å²) >= 11 is 0. The van der Waals surface area contributed by atoms with Gasteiger partial charge in [-0.05, 0) is 19.8 Å². The third-order valence-electron chi connectivity index (χ3n) is 3.10. The Morgan fingerprint density at radius 1 is 1.44 bits per heavy atom. The van der Waals surface area contributed by atoms with E-state index in [1.807, 2.05) is 6.92 Å². The lowest BCUT2D eigenvalue weighted by molar-refractivity contribution is 0.0836. The molecular formula is C11H16N6O. The van der Waals surface area contributed by atoms with Gasteiger partial charge in [0.25, 0.3) is 0 Å². The van der Waals surface area contributed by atoms with Gasteiger partial charge in [0, 0.05) is 12.6 Å². The van der Waals surface area contributed by atoms with Crippen LogP contribution in [0.4, 0.5) is 11.8 Å². The Labute approximate surface area is 104 Å². The van der Waals surface area contributed by atoms with Crippen LogP contribution < -0.4 is 10.6 Å². The van der Waals surface area contributed by atoms with Gasteiger partial charge in [0.2, 0.25) is 5.95 Å². The molecule has 0 unspecified atom stereocenters. The van der Waals surface area contributed by atoms with Gasteiger partial charge in [0.05, 0.1) is 17.7 Å². The molecule has 3 rings (SSSR count). The molecule has 2 heterocycles. The second-order valence-corrected chi connectivity index (χ2v) is 4.52. The van der Waals surface area contributed by atoms with Gasteiger partial charge < -0.3 is 15.7 Å². The molecule has 2 aromatic heterocycles. The molecule has 96 valence electrons. The van der Waals surface area contributed by atoms with Crippen molar-refractivity contribution < 1.29 is 5.11 Å². The van der Waals surface area contributed by atoms with Crippen LogP contribution >= 0.6 is 0 Å². The van der Waals surface area contributed by atoms with Gasteiger partial charge >= 0.3 is 0 Å². The summed E-state index contributed by atoms with van der Waals surface area (Å²) < 4.78 is 0. The summed E-state index contributed by atoms with van der Waals surface area (Å²) in [6.45, 7) is 2.76. The number of H-pyrrole nitrogens is 1. The standard InChI is InChI=1S/C11H16N6O/c1-2-12-11-15-9(14-6-3-7(18)4-6)8-5-13-17-10(8)16-11/h5-7,18H,2-4H2,1H3,(H3,12,13,14,15,16,17). The van der Waals surface area contributed by atoms with Crippen molar-refractivity contribution in [2.75, 3.05) is 17.2 Å². The predicted octanol–water partition coefficient (Wildman–Crippen LogP) is 0.720. The maximum absolute atomic E-state index is 9.30. The van der Waals surface area contributed by atoms with E-state index in [9.17, 15) is 5.11 Å². The van der Waals surface area contributed by atoms with Gasteiger partial charge in [-0.2, -0.15) is 15.1 Å². The van der Waals surface area contributed by atoms with Crippen molar-refractivity contribution in [2.45, 2.75) is 31.9 Å². The average Bonchev–Trinajstić information content (AvgIpc) is 2.75. The number of nitrogens with one attached hydrogen (secondary N) is 3. The van der Waals surface area contributed by atoms with Crippen LogP contribution in [0.25, 0.3) is 11.0 Å². The van der Waals surface area contributed by atoms with Gasteiger partial charge in [0.1, 0.15) is 5.82 Å². The number of hydrogen-bond acceptors (Lipinski definition) is 6. The van der Waals surface area contributed by atoms with Crippen LogP contribution in [0.1, 0.15) is 19.8 Å². The van der Waals surface area contributed by atoms with E-state index >= 15 is 0 Å². The first-order valence-corrected chi connectivity index (χ1v) is 6.16. The number of aliphatic hydroxyl groups is 1. The fourth-order valence-corrected chi connectivity index (χ4v) is 2.08. The number of fused-ring (bicyclic) bond motifs is 1. The van der Waals surface area contributed by atoms with Crippen molar-refractivity contribution in [1.29, 1.82) is 0 Å². The van der Waals surface area contributed by atoms with Gasteiger partial charge in [-0.15, -0.1) is 0 Å². The minimum atomic E-state index is -0.183. The zero-order chi connectivity index (χ0) is 12.5. The summed E-state index contributed by atoms with van der Waals surface area (Å²) in [6.07, 6.45) is 3.06. The van der Waals surface area contributed by atoms with Crippen LogP contribution in [0.3, 0.4) is 0 Å². The van der Waals surface area contributed by atoms with Crippen LogP contribution in [-0.2, 0) is 0 Å². The average molecular weight is 248 g/mol. The van der Waals surface area contributed by atoms with E-state index in [1.54, 1.807) is 6.20 Å². The summed E-state index contributed by atoms with van der Waals surface area (Å²) in [6, 6.07) is 0.280. The molecule has 0 aliphatic heterocycles. The van der Waals surface area contributed by atoms with E-state index in [0.717, 1.165) is 30.6 Å². The Morgan fingerprint density at radius 3 is 3.00 bits per heavy atom. The molecule has 7 heteroatoms. The van der Waals surface area contributed by atoms with Crippen molar-refractivity contribution in [2.24, 2.45) is 0 Å². The van der Waals surface area contributed by atoms with E-state index < -0.39 is 0 Å². The van der Waals surface area contributed by atoms with Gasteiger partial charge in [0.15, 0.2) is 5.65 Å². The molecule has 1 aliphatic carbocycles. The summed E-state index contributed by atoms with van der Waals surface area (Å²) in [5.74, 6) is 1.35. The first kappa shape index (κ1) is 11.2. The quantitative estimate of drug-likeness (QED) is 0.636. The highest BCUT2D eigenvalue weighted by molar-refractivity contribution is 5.87. The van der Waals surface area contributed by atoms with Crippen molar-refractivity contribution in [3.05, 3.63) is 6.20 Å². The van der Waals surface area contributed by atoms with Gasteiger partial charge in [-0.1, -0.05) is 0 Å². The molecule has 1 saturated carbocycles. The van der Waals surface area contributed by atoms with Gasteiger partial charge in [-0.3, -0.25) is 5.10 Å². The zero-order valence-corrected chi connectivity index (χ0v) is 10.1. The third-order valence-corrected chi connectivity index (χ3v) is 3.10. The molecule has 0 radical (unpaired) electrons. The molecule has 1 fully saturated rings. The molecule has 7 nitrogen and oxygen atoms in total. The van der Waals surface area contributed by atoms with Crippen LogP contribution in [0.15, 0.2) is 6.20 Å². The second-order valence-electron chi connectivity index (χ2n) is 4.52. The van der Waals surface area contributed by atoms with Crippen LogP contribution in [-0.4, -0.2) is 44.0 Å². The highest BCUT2D eigenvalue weighted by Crippen LogP contribution is 2.27. The fourth-order valence-electron chi connectivity index (χ4n) is 2.08. The van der Waals surface area contributed by atoms with Crippen molar-refractivity contribution in [3.8, 4) is 0 Å². The monoisotopic (exact) mass is 248 g/mol. The summed E-state index contributed by atoms with van der Waals surface area (Å²) in [5, 5.41) is 23.4. The number of hydrogen-bond donors (Lipinski definition) is 4. The molecule has 0 amide bonds. The molecule has 4 N–H and O–H groups in total. The SMILES string of the molecule is CCNc1nc(NC2CC(O)C2)c2cn[nH]c2n1. The second kappa shape index (κ2) is 4.41. The topological polar surface area (TPSA) is 98.8 Å². The van der Waals surface area contributed by atoms with Crippen molar-refractivity contribution in [1.82, 2.24) is 20.2 Å². The number of aliphatic hydroxyl groups excluding tert-OH is 1. The molecule has 0 bridgehead atoms. The van der Waals surface area contributed by atoms with Crippen LogP contribution in [0.5, 0.6) is 0 Å². The van der Waals surface area contributed by atoms with Crippen LogP contribution in [0.2, 0.25) is 0 Å². The summed E-state index contributed by atoms with van der Waals surface area (Å²) in [5.41, 5.74) is 0.711. The lowest BCUT2D eigenvalue weighted by Crippen LogP contribution is -2.39. The van der Waals surface area contributed by atoms with Crippen molar-refractivity contribution >= 4 is 22.8 Å². The zero-order valence-electron chi connectivity index (χ0n) is 10.1. The Bertz CT molecular complexity index is 547. The Balaban J connectivity index is 1.90. The minimum Gasteiger partial charge on any atom is -0.393 e. The molecule has 0 aromatic carbocycles. The van der Waals surface area contributed by atoms with E-state index in [-0.39, 0.29) is 12.1 Å². The number of aromatic nitrogens is 4. The highest BCUT2D eigenvalue weighted by atomic mass is 16.3. The minimum absolute atomic E-state index is 0.183. The first-order valence-electron chi connectivity index (χ1n) is 6.16. The summed E-state index contributed by atoms with van der Waals surface area (Å²) in [7, 11) is 0. The van der Waals surface area contributed by atoms with Gasteiger partial charge in [-0.25, -0.2) is 0 Å². The first-order chi connectivity index (χ1) is 8.76. The maximum Gasteiger partial charge on any atom is 0.226 e. The smallest absolute Gasteiger partial charge is 0.226 e. The molecule has 1 aliphatic rings. The largest absolute Gasteiger partial charge is 0.393 e. The number of rotatable bonds is 4. The maximum atomic E-state index is 9.30. The molecular weight excluding hydrogens is 232 g/mol. The predicted molar refractivity (Wildman–Crippen MR) is 68.5 cm³/mol. The Morgan fingerprint density at radius 2 is 2.28 bits per heavy atom. The third kappa shape index (κ3) is 1.97. The van der Waals surface area contributed by atoms with Crippen LogP contribution in [0, 0.1) is 0 Å². The molecule has 0 atom stereocenters. The normalized spacial score (nSPS) is 22.8. The highest BCUT2D eigenvalue weighted by Gasteiger charge is 2.28. The lowest BCUT2D eigenvalue weighted by atomic mass is 9.89. The Kier molecular flexibility index (Phi) is 2.75. The molecule has 18 heavy (non-hydrogen) atoms. The molecule has 2 aromatic rings. The number of nitrogens with zero attached hydrogens (tertiary/aromatic N) is 3. The van der Waals surface area contributed by atoms with E-state index in [2.05, 4.69) is 30.8 Å². The number of aromatic amines is 1.